The Morgan fingerprint density at radius 2 is 1.96 bits per heavy atom. The number of likely N-dealkylation sites (tertiary alicyclic amines) is 1. The van der Waals surface area contributed by atoms with Crippen LogP contribution in [-0.2, 0) is 6.54 Å². The summed E-state index contributed by atoms with van der Waals surface area (Å²) in [6, 6.07) is 14.0. The summed E-state index contributed by atoms with van der Waals surface area (Å²) in [4.78, 5) is 23.5. The van der Waals surface area contributed by atoms with Gasteiger partial charge in [0.15, 0.2) is 0 Å². The first kappa shape index (κ1) is 17.5. The minimum Gasteiger partial charge on any atom is -0.330 e. The van der Waals surface area contributed by atoms with Crippen molar-refractivity contribution in [2.24, 2.45) is 0 Å². The number of nitrogens with zero attached hydrogens (tertiary/aromatic N) is 3. The molecule has 28 heavy (non-hydrogen) atoms. The topological polar surface area (TPSA) is 51.7 Å². The molecule has 0 spiro atoms. The van der Waals surface area contributed by atoms with Crippen LogP contribution in [0.5, 0.6) is 0 Å². The van der Waals surface area contributed by atoms with Gasteiger partial charge in [0.1, 0.15) is 17.9 Å². The minimum absolute atomic E-state index is 0.00691. The number of aryl methyl sites for hydroxylation is 1. The third-order valence-corrected chi connectivity index (χ3v) is 6.84. The zero-order valence-corrected chi connectivity index (χ0v) is 16.7. The molecule has 1 saturated heterocycles. The van der Waals surface area contributed by atoms with Gasteiger partial charge in [-0.3, -0.25) is 9.20 Å². The van der Waals surface area contributed by atoms with E-state index in [2.05, 4.69) is 24.3 Å². The fourth-order valence-electron chi connectivity index (χ4n) is 4.12. The second kappa shape index (κ2) is 7.11. The third kappa shape index (κ3) is 3.34. The predicted molar refractivity (Wildman–Crippen MR) is 112 cm³/mol. The highest BCUT2D eigenvalue weighted by molar-refractivity contribution is 7.18. The lowest BCUT2D eigenvalue weighted by molar-refractivity contribution is -0.919. The van der Waals surface area contributed by atoms with Gasteiger partial charge in [0.05, 0.1) is 28.3 Å². The van der Waals surface area contributed by atoms with E-state index in [1.807, 2.05) is 36.6 Å². The fraction of sp³-hybridized carbons (Fsp3) is 0.318. The summed E-state index contributed by atoms with van der Waals surface area (Å²) in [5.41, 5.74) is 3.81. The highest BCUT2D eigenvalue weighted by Crippen LogP contribution is 2.31. The highest BCUT2D eigenvalue weighted by Gasteiger charge is 2.26. The fourth-order valence-corrected chi connectivity index (χ4v) is 5.26. The van der Waals surface area contributed by atoms with Gasteiger partial charge in [-0.15, -0.1) is 11.3 Å². The molecule has 0 unspecified atom stereocenters. The Balaban J connectivity index is 1.29. The van der Waals surface area contributed by atoms with Crippen molar-refractivity contribution in [3.05, 3.63) is 75.3 Å². The lowest BCUT2D eigenvalue weighted by Gasteiger charge is -2.28. The molecule has 0 bridgehead atoms. The quantitative estimate of drug-likeness (QED) is 0.584. The number of piperidine rings is 1. The molecule has 0 atom stereocenters. The maximum Gasteiger partial charge on any atom is 0.258 e. The Morgan fingerprint density at radius 1 is 1.14 bits per heavy atom. The molecule has 1 aromatic carbocycles. The molecule has 5 rings (SSSR count). The van der Waals surface area contributed by atoms with Crippen LogP contribution in [0.2, 0.25) is 0 Å². The molecule has 6 heteroatoms. The van der Waals surface area contributed by atoms with Crippen molar-refractivity contribution in [2.45, 2.75) is 32.2 Å². The van der Waals surface area contributed by atoms with Crippen molar-refractivity contribution in [3.63, 3.8) is 0 Å². The van der Waals surface area contributed by atoms with Crippen molar-refractivity contribution in [2.75, 3.05) is 13.1 Å². The van der Waals surface area contributed by atoms with E-state index < -0.39 is 0 Å². The number of aromatic nitrogens is 3. The Kier molecular flexibility index (Phi) is 4.45. The molecule has 0 saturated carbocycles. The number of nitrogens with one attached hydrogen (secondary N) is 1. The normalized spacial score (nSPS) is 20.0. The molecule has 4 aromatic rings. The van der Waals surface area contributed by atoms with Crippen molar-refractivity contribution >= 4 is 27.2 Å². The van der Waals surface area contributed by atoms with Gasteiger partial charge in [-0.25, -0.2) is 9.97 Å². The number of quaternary nitrogens is 1. The second-order valence-corrected chi connectivity index (χ2v) is 8.80. The van der Waals surface area contributed by atoms with E-state index in [0.717, 1.165) is 54.9 Å². The van der Waals surface area contributed by atoms with Gasteiger partial charge in [-0.1, -0.05) is 18.2 Å². The van der Waals surface area contributed by atoms with Crippen molar-refractivity contribution in [3.8, 4) is 0 Å². The summed E-state index contributed by atoms with van der Waals surface area (Å²) in [6.45, 7) is 4.98. The Hall–Kier alpha value is -2.57. The van der Waals surface area contributed by atoms with Crippen LogP contribution in [-0.4, -0.2) is 27.5 Å². The first-order chi connectivity index (χ1) is 13.7. The number of thiazole rings is 1. The van der Waals surface area contributed by atoms with E-state index in [1.165, 1.54) is 14.6 Å². The average molecular weight is 392 g/mol. The molecule has 1 aliphatic rings. The third-order valence-electron chi connectivity index (χ3n) is 5.64. The molecule has 0 radical (unpaired) electrons. The Labute approximate surface area is 167 Å². The largest absolute Gasteiger partial charge is 0.330 e. The van der Waals surface area contributed by atoms with E-state index in [4.69, 9.17) is 9.97 Å². The summed E-state index contributed by atoms with van der Waals surface area (Å²) < 4.78 is 2.91. The van der Waals surface area contributed by atoms with E-state index >= 15 is 0 Å². The number of benzene rings is 1. The molecule has 3 aromatic heterocycles. The average Bonchev–Trinajstić information content (AvgIpc) is 3.13. The van der Waals surface area contributed by atoms with Gasteiger partial charge in [0.2, 0.25) is 0 Å². The summed E-state index contributed by atoms with van der Waals surface area (Å²) in [5.74, 6) is 0.555. The SMILES string of the molecule is Cc1ccc2nc(C[NH+]3CCC(c4nc5ccccc5s4)CC3)cc(=O)n2c1. The molecule has 142 valence electrons. The number of fused-ring (bicyclic) bond motifs is 2. The number of hydrogen-bond donors (Lipinski definition) is 1. The van der Waals surface area contributed by atoms with E-state index in [0.29, 0.717) is 5.92 Å². The lowest BCUT2D eigenvalue weighted by Crippen LogP contribution is -3.11. The van der Waals surface area contributed by atoms with Gasteiger partial charge in [-0.2, -0.15) is 0 Å². The summed E-state index contributed by atoms with van der Waals surface area (Å²) in [6.07, 6.45) is 4.13. The van der Waals surface area contributed by atoms with Crippen molar-refractivity contribution in [1.29, 1.82) is 0 Å². The molecule has 1 fully saturated rings. The number of rotatable bonds is 3. The molecule has 1 aliphatic heterocycles. The van der Waals surface area contributed by atoms with Crippen LogP contribution in [0.3, 0.4) is 0 Å². The van der Waals surface area contributed by atoms with Crippen LogP contribution >= 0.6 is 11.3 Å². The van der Waals surface area contributed by atoms with Gasteiger partial charge in [0.25, 0.3) is 5.56 Å². The van der Waals surface area contributed by atoms with Crippen molar-refractivity contribution < 1.29 is 4.90 Å². The van der Waals surface area contributed by atoms with Gasteiger partial charge in [-0.05, 0) is 30.7 Å². The molecule has 4 heterocycles. The maximum absolute atomic E-state index is 12.4. The highest BCUT2D eigenvalue weighted by atomic mass is 32.1. The predicted octanol–water partition coefficient (Wildman–Crippen LogP) is 2.58. The summed E-state index contributed by atoms with van der Waals surface area (Å²) in [7, 11) is 0. The summed E-state index contributed by atoms with van der Waals surface area (Å²) >= 11 is 1.84. The van der Waals surface area contributed by atoms with Crippen LogP contribution in [0, 0.1) is 6.92 Å². The van der Waals surface area contributed by atoms with Crippen LogP contribution in [0.4, 0.5) is 0 Å². The van der Waals surface area contributed by atoms with E-state index in [1.54, 1.807) is 10.5 Å². The Morgan fingerprint density at radius 3 is 2.79 bits per heavy atom. The van der Waals surface area contributed by atoms with E-state index in [-0.39, 0.29) is 5.56 Å². The zero-order chi connectivity index (χ0) is 19.1. The van der Waals surface area contributed by atoms with Crippen LogP contribution in [0.15, 0.2) is 53.5 Å². The zero-order valence-electron chi connectivity index (χ0n) is 15.9. The first-order valence-corrected chi connectivity index (χ1v) is 10.7. The number of hydrogen-bond acceptors (Lipinski definition) is 4. The maximum atomic E-state index is 12.4. The summed E-state index contributed by atoms with van der Waals surface area (Å²) in [5, 5.41) is 1.28. The van der Waals surface area contributed by atoms with E-state index in [9.17, 15) is 4.79 Å². The minimum atomic E-state index is 0.00691. The molecule has 0 amide bonds. The molecule has 0 aliphatic carbocycles. The monoisotopic (exact) mass is 391 g/mol. The molecular weight excluding hydrogens is 368 g/mol. The smallest absolute Gasteiger partial charge is 0.258 e. The molecule has 1 N–H and O–H groups in total. The Bertz CT molecular complexity index is 1170. The van der Waals surface area contributed by atoms with Gasteiger partial charge >= 0.3 is 0 Å². The number of pyridine rings is 1. The van der Waals surface area contributed by atoms with Gasteiger partial charge in [0, 0.05) is 31.0 Å². The lowest BCUT2D eigenvalue weighted by atomic mass is 9.97. The van der Waals surface area contributed by atoms with Crippen molar-refractivity contribution in [1.82, 2.24) is 14.4 Å². The van der Waals surface area contributed by atoms with Gasteiger partial charge < -0.3 is 4.90 Å². The molecular formula is C22H23N4OS+. The first-order valence-electron chi connectivity index (χ1n) is 9.84. The van der Waals surface area contributed by atoms with Crippen LogP contribution in [0.25, 0.3) is 15.9 Å². The van der Waals surface area contributed by atoms with Crippen LogP contribution in [0.1, 0.15) is 35.0 Å². The molecule has 5 nitrogen and oxygen atoms in total. The standard InChI is InChI=1S/C22H22N4OS/c1-15-6-7-20-23-17(12-21(27)26(20)13-15)14-25-10-8-16(9-11-25)22-24-18-4-2-3-5-19(18)28-22/h2-7,12-13,16H,8-11,14H2,1H3/p+1. The second-order valence-electron chi connectivity index (χ2n) is 7.74. The van der Waals surface area contributed by atoms with Crippen LogP contribution < -0.4 is 10.5 Å². The number of para-hydroxylation sites is 1.